The third-order valence-electron chi connectivity index (χ3n) is 5.11. The predicted molar refractivity (Wildman–Crippen MR) is 110 cm³/mol. The molecule has 27 heavy (non-hydrogen) atoms. The zero-order valence-electron chi connectivity index (χ0n) is 17.0. The van der Waals surface area contributed by atoms with E-state index in [1.165, 1.54) is 4.31 Å². The van der Waals surface area contributed by atoms with E-state index in [0.29, 0.717) is 32.6 Å². The SMILES string of the molecule is CCCS(=O)(=O)N1CCCC(C(=O)N(CC)Cc2ccc(N(C)C)cc2)C1. The zero-order chi connectivity index (χ0) is 20.0. The summed E-state index contributed by atoms with van der Waals surface area (Å²) in [7, 11) is 0.750. The number of carbonyl (C=O) groups excluding carboxylic acids is 1. The fourth-order valence-corrected chi connectivity index (χ4v) is 5.10. The quantitative estimate of drug-likeness (QED) is 0.679. The van der Waals surface area contributed by atoms with Gasteiger partial charge in [-0.2, -0.15) is 0 Å². The number of hydrogen-bond acceptors (Lipinski definition) is 4. The van der Waals surface area contributed by atoms with Gasteiger partial charge in [-0.15, -0.1) is 0 Å². The second-order valence-electron chi connectivity index (χ2n) is 7.43. The Hall–Kier alpha value is -1.60. The minimum Gasteiger partial charge on any atom is -0.378 e. The van der Waals surface area contributed by atoms with Crippen molar-refractivity contribution in [1.29, 1.82) is 0 Å². The van der Waals surface area contributed by atoms with Gasteiger partial charge in [-0.05, 0) is 43.9 Å². The number of rotatable bonds is 8. The van der Waals surface area contributed by atoms with Crippen LogP contribution >= 0.6 is 0 Å². The van der Waals surface area contributed by atoms with Crippen LogP contribution in [0.2, 0.25) is 0 Å². The van der Waals surface area contributed by atoms with E-state index in [9.17, 15) is 13.2 Å². The average Bonchev–Trinajstić information content (AvgIpc) is 2.66. The van der Waals surface area contributed by atoms with Crippen LogP contribution in [-0.2, 0) is 21.4 Å². The molecule has 0 radical (unpaired) electrons. The van der Waals surface area contributed by atoms with Crippen LogP contribution in [-0.4, -0.2) is 63.0 Å². The van der Waals surface area contributed by atoms with Gasteiger partial charge >= 0.3 is 0 Å². The second kappa shape index (κ2) is 9.55. The van der Waals surface area contributed by atoms with Crippen LogP contribution in [0.5, 0.6) is 0 Å². The Kier molecular flexibility index (Phi) is 7.68. The van der Waals surface area contributed by atoms with Crippen LogP contribution in [0.15, 0.2) is 24.3 Å². The lowest BCUT2D eigenvalue weighted by molar-refractivity contribution is -0.137. The molecule has 152 valence electrons. The number of carbonyl (C=O) groups is 1. The van der Waals surface area contributed by atoms with Crippen molar-refractivity contribution in [2.75, 3.05) is 44.4 Å². The van der Waals surface area contributed by atoms with Crippen molar-refractivity contribution < 1.29 is 13.2 Å². The highest BCUT2D eigenvalue weighted by atomic mass is 32.2. The highest BCUT2D eigenvalue weighted by Crippen LogP contribution is 2.23. The number of hydrogen-bond donors (Lipinski definition) is 0. The maximum absolute atomic E-state index is 13.0. The Morgan fingerprint density at radius 2 is 1.85 bits per heavy atom. The molecule has 1 aliphatic heterocycles. The summed E-state index contributed by atoms with van der Waals surface area (Å²) in [4.78, 5) is 16.9. The third kappa shape index (κ3) is 5.69. The van der Waals surface area contributed by atoms with Crippen molar-refractivity contribution in [2.45, 2.75) is 39.7 Å². The number of anilines is 1. The lowest BCUT2D eigenvalue weighted by Gasteiger charge is -2.34. The van der Waals surface area contributed by atoms with Gasteiger partial charge in [0, 0.05) is 46.0 Å². The number of amides is 1. The average molecular weight is 396 g/mol. The summed E-state index contributed by atoms with van der Waals surface area (Å²) in [5.41, 5.74) is 2.21. The molecule has 1 unspecified atom stereocenters. The van der Waals surface area contributed by atoms with E-state index in [1.54, 1.807) is 0 Å². The van der Waals surface area contributed by atoms with E-state index in [4.69, 9.17) is 0 Å². The van der Waals surface area contributed by atoms with Crippen molar-refractivity contribution in [3.63, 3.8) is 0 Å². The van der Waals surface area contributed by atoms with Gasteiger partial charge in [-0.25, -0.2) is 12.7 Å². The number of benzene rings is 1. The van der Waals surface area contributed by atoms with Crippen LogP contribution < -0.4 is 4.90 Å². The Labute approximate surface area is 164 Å². The minimum absolute atomic E-state index is 0.0607. The summed E-state index contributed by atoms with van der Waals surface area (Å²) in [6, 6.07) is 8.19. The first-order chi connectivity index (χ1) is 12.8. The molecule has 2 rings (SSSR count). The fraction of sp³-hybridized carbons (Fsp3) is 0.650. The molecule has 1 aromatic carbocycles. The van der Waals surface area contributed by atoms with Crippen LogP contribution in [0, 0.1) is 5.92 Å². The molecule has 0 N–H and O–H groups in total. The molecule has 1 saturated heterocycles. The topological polar surface area (TPSA) is 60.9 Å². The molecule has 6 nitrogen and oxygen atoms in total. The molecule has 1 heterocycles. The van der Waals surface area contributed by atoms with Gasteiger partial charge in [-0.1, -0.05) is 19.1 Å². The van der Waals surface area contributed by atoms with E-state index in [0.717, 1.165) is 24.1 Å². The van der Waals surface area contributed by atoms with E-state index in [2.05, 4.69) is 0 Å². The number of sulfonamides is 1. The summed E-state index contributed by atoms with van der Waals surface area (Å²) < 4.78 is 26.3. The lowest BCUT2D eigenvalue weighted by atomic mass is 9.97. The van der Waals surface area contributed by atoms with Gasteiger partial charge in [0.05, 0.1) is 11.7 Å². The predicted octanol–water partition coefficient (Wildman–Crippen LogP) is 2.55. The smallest absolute Gasteiger partial charge is 0.227 e. The normalized spacial score (nSPS) is 18.3. The first-order valence-electron chi connectivity index (χ1n) is 9.81. The van der Waals surface area contributed by atoms with E-state index in [-0.39, 0.29) is 17.6 Å². The molecule has 1 atom stereocenters. The minimum atomic E-state index is -3.25. The van der Waals surface area contributed by atoms with Gasteiger partial charge < -0.3 is 9.80 Å². The second-order valence-corrected chi connectivity index (χ2v) is 9.51. The Bertz CT molecular complexity index is 716. The van der Waals surface area contributed by atoms with Crippen LogP contribution in [0.25, 0.3) is 0 Å². The molecule has 1 aromatic rings. The molecule has 1 aliphatic rings. The monoisotopic (exact) mass is 395 g/mol. The summed E-state index contributed by atoms with van der Waals surface area (Å²) in [6.07, 6.45) is 2.10. The van der Waals surface area contributed by atoms with Gasteiger partial charge in [0.25, 0.3) is 0 Å². The first-order valence-corrected chi connectivity index (χ1v) is 11.4. The van der Waals surface area contributed by atoms with E-state index in [1.807, 2.05) is 62.0 Å². The molecule has 0 aromatic heterocycles. The molecule has 1 amide bonds. The van der Waals surface area contributed by atoms with Gasteiger partial charge in [-0.3, -0.25) is 4.79 Å². The van der Waals surface area contributed by atoms with Crippen LogP contribution in [0.1, 0.15) is 38.7 Å². The summed E-state index contributed by atoms with van der Waals surface area (Å²) in [6.45, 7) is 5.86. The maximum Gasteiger partial charge on any atom is 0.227 e. The van der Waals surface area contributed by atoms with Gasteiger partial charge in [0.2, 0.25) is 15.9 Å². The number of piperidine rings is 1. The van der Waals surface area contributed by atoms with Crippen LogP contribution in [0.4, 0.5) is 5.69 Å². The van der Waals surface area contributed by atoms with Crippen molar-refractivity contribution >= 4 is 21.6 Å². The highest BCUT2D eigenvalue weighted by molar-refractivity contribution is 7.89. The van der Waals surface area contributed by atoms with Crippen molar-refractivity contribution in [3.8, 4) is 0 Å². The molecular formula is C20H33N3O3S. The number of nitrogens with zero attached hydrogens (tertiary/aromatic N) is 3. The third-order valence-corrected chi connectivity index (χ3v) is 7.15. The molecule has 1 fully saturated rings. The zero-order valence-corrected chi connectivity index (χ0v) is 17.8. The summed E-state index contributed by atoms with van der Waals surface area (Å²) in [5.74, 6) is -0.0270. The Morgan fingerprint density at radius 3 is 2.41 bits per heavy atom. The molecule has 0 aliphatic carbocycles. The summed E-state index contributed by atoms with van der Waals surface area (Å²) in [5, 5.41) is 0. The van der Waals surface area contributed by atoms with Gasteiger partial charge in [0.15, 0.2) is 0 Å². The highest BCUT2D eigenvalue weighted by Gasteiger charge is 2.33. The first kappa shape index (κ1) is 21.7. The molecular weight excluding hydrogens is 362 g/mol. The maximum atomic E-state index is 13.0. The Morgan fingerprint density at radius 1 is 1.19 bits per heavy atom. The van der Waals surface area contributed by atoms with E-state index < -0.39 is 10.0 Å². The lowest BCUT2D eigenvalue weighted by Crippen LogP contribution is -2.47. The largest absolute Gasteiger partial charge is 0.378 e. The molecule has 0 spiro atoms. The van der Waals surface area contributed by atoms with Crippen LogP contribution in [0.3, 0.4) is 0 Å². The molecule has 7 heteroatoms. The Balaban J connectivity index is 2.04. The van der Waals surface area contributed by atoms with Crippen molar-refractivity contribution in [3.05, 3.63) is 29.8 Å². The van der Waals surface area contributed by atoms with Crippen molar-refractivity contribution in [1.82, 2.24) is 9.21 Å². The van der Waals surface area contributed by atoms with E-state index >= 15 is 0 Å². The standard InChI is InChI=1S/C20H33N3O3S/c1-5-14-27(25,26)23-13-7-8-18(16-23)20(24)22(6-2)15-17-9-11-19(12-10-17)21(3)4/h9-12,18H,5-8,13-16H2,1-4H3. The molecule has 0 saturated carbocycles. The van der Waals surface area contributed by atoms with Gasteiger partial charge in [0.1, 0.15) is 0 Å². The fourth-order valence-electron chi connectivity index (χ4n) is 3.51. The van der Waals surface area contributed by atoms with Crippen molar-refractivity contribution in [2.24, 2.45) is 5.92 Å². The molecule has 0 bridgehead atoms. The summed E-state index contributed by atoms with van der Waals surface area (Å²) >= 11 is 0.